The number of hydrogen-bond acceptors (Lipinski definition) is 3. The predicted octanol–water partition coefficient (Wildman–Crippen LogP) is 1.42. The van der Waals surface area contributed by atoms with Crippen molar-refractivity contribution in [1.82, 2.24) is 10.2 Å². The summed E-state index contributed by atoms with van der Waals surface area (Å²) in [6.07, 6.45) is -6.10. The zero-order valence-corrected chi connectivity index (χ0v) is 13.1. The second-order valence-corrected chi connectivity index (χ2v) is 5.79. The number of hydrogen-bond donors (Lipinski definition) is 2. The molecule has 0 saturated carbocycles. The van der Waals surface area contributed by atoms with E-state index in [1.165, 1.54) is 18.2 Å². The smallest absolute Gasteiger partial charge is 0.376 e. The van der Waals surface area contributed by atoms with Crippen molar-refractivity contribution in [2.75, 3.05) is 19.6 Å². The van der Waals surface area contributed by atoms with Crippen LogP contribution in [0, 0.1) is 5.92 Å². The van der Waals surface area contributed by atoms with Gasteiger partial charge in [0.2, 0.25) is 11.8 Å². The molecule has 1 aromatic rings. The van der Waals surface area contributed by atoms with Crippen molar-refractivity contribution in [1.29, 1.82) is 0 Å². The Morgan fingerprint density at radius 3 is 2.33 bits per heavy atom. The monoisotopic (exact) mass is 344 g/mol. The Morgan fingerprint density at radius 1 is 1.25 bits per heavy atom. The summed E-state index contributed by atoms with van der Waals surface area (Å²) >= 11 is 0. The largest absolute Gasteiger partial charge is 0.421 e. The third-order valence-electron chi connectivity index (χ3n) is 4.08. The Morgan fingerprint density at radius 2 is 1.83 bits per heavy atom. The molecule has 0 spiro atoms. The van der Waals surface area contributed by atoms with Crippen LogP contribution in [0.5, 0.6) is 0 Å². The average Bonchev–Trinajstić information content (AvgIpc) is 2.45. The van der Waals surface area contributed by atoms with Crippen LogP contribution in [0.4, 0.5) is 13.2 Å². The van der Waals surface area contributed by atoms with E-state index >= 15 is 0 Å². The van der Waals surface area contributed by atoms with E-state index in [-0.39, 0.29) is 24.6 Å². The molecule has 0 bridgehead atoms. The molecular formula is C16H19F3N2O3. The fraction of sp³-hybridized carbons (Fsp3) is 0.500. The molecule has 1 aliphatic rings. The lowest BCUT2D eigenvalue weighted by molar-refractivity contribution is -0.268. The van der Waals surface area contributed by atoms with E-state index in [4.69, 9.17) is 0 Å². The lowest BCUT2D eigenvalue weighted by Crippen LogP contribution is -2.57. The number of alkyl halides is 3. The van der Waals surface area contributed by atoms with Gasteiger partial charge in [0, 0.05) is 19.6 Å². The van der Waals surface area contributed by atoms with Gasteiger partial charge < -0.3 is 15.3 Å². The zero-order valence-electron chi connectivity index (χ0n) is 13.1. The number of carbonyl (C=O) groups excluding carboxylic acids is 2. The molecule has 2 rings (SSSR count). The molecular weight excluding hydrogens is 325 g/mol. The third kappa shape index (κ3) is 3.53. The minimum Gasteiger partial charge on any atom is -0.376 e. The van der Waals surface area contributed by atoms with Gasteiger partial charge in [-0.1, -0.05) is 30.3 Å². The molecule has 1 fully saturated rings. The molecule has 0 aliphatic carbocycles. The number of nitrogens with one attached hydrogen (secondary N) is 1. The molecule has 1 aromatic carbocycles. The molecule has 1 aliphatic heterocycles. The summed E-state index contributed by atoms with van der Waals surface area (Å²) in [4.78, 5) is 24.9. The molecule has 132 valence electrons. The van der Waals surface area contributed by atoms with Crippen LogP contribution in [0.25, 0.3) is 0 Å². The summed E-state index contributed by atoms with van der Waals surface area (Å²) in [6.45, 7) is 2.33. The maximum absolute atomic E-state index is 13.4. The van der Waals surface area contributed by atoms with Crippen LogP contribution >= 0.6 is 0 Å². The summed E-state index contributed by atoms with van der Waals surface area (Å²) in [5, 5.41) is 12.8. The van der Waals surface area contributed by atoms with E-state index < -0.39 is 30.0 Å². The van der Waals surface area contributed by atoms with E-state index in [9.17, 15) is 27.9 Å². The number of nitrogens with zero attached hydrogens (tertiary/aromatic N) is 1. The van der Waals surface area contributed by atoms with Crippen LogP contribution in [0.3, 0.4) is 0 Å². The molecule has 5 nitrogen and oxygen atoms in total. The van der Waals surface area contributed by atoms with E-state index in [1.807, 2.05) is 0 Å². The van der Waals surface area contributed by atoms with Crippen LogP contribution in [0.15, 0.2) is 30.3 Å². The standard InChI is InChI=1S/C16H19F3N2O3/c1-2-20-14(23)11-9-21(10-11)13(22)8-15(24,16(17,18)19)12-6-4-3-5-7-12/h3-7,11,24H,2,8-10H2,1H3,(H,20,23)/t15-/m1/s1. The number of amides is 2. The van der Waals surface area contributed by atoms with Crippen molar-refractivity contribution in [3.8, 4) is 0 Å². The van der Waals surface area contributed by atoms with Gasteiger partial charge in [0.05, 0.1) is 12.3 Å². The van der Waals surface area contributed by atoms with Crippen molar-refractivity contribution in [2.24, 2.45) is 5.92 Å². The maximum Gasteiger partial charge on any atom is 0.421 e. The molecule has 8 heteroatoms. The first-order chi connectivity index (χ1) is 11.2. The van der Waals surface area contributed by atoms with Gasteiger partial charge in [0.25, 0.3) is 0 Å². The lowest BCUT2D eigenvalue weighted by atomic mass is 9.88. The maximum atomic E-state index is 13.4. The van der Waals surface area contributed by atoms with E-state index in [0.717, 1.165) is 17.0 Å². The minimum absolute atomic E-state index is 0.0629. The molecule has 0 radical (unpaired) electrons. The predicted molar refractivity (Wildman–Crippen MR) is 79.8 cm³/mol. The Hall–Kier alpha value is -2.09. The molecule has 2 N–H and O–H groups in total. The Bertz CT molecular complexity index is 600. The Kier molecular flexibility index (Phi) is 5.17. The summed E-state index contributed by atoms with van der Waals surface area (Å²) in [5.41, 5.74) is -3.63. The molecule has 0 aromatic heterocycles. The number of carbonyl (C=O) groups is 2. The molecule has 24 heavy (non-hydrogen) atoms. The SMILES string of the molecule is CCNC(=O)C1CN(C(=O)C[C@@](O)(c2ccccc2)C(F)(F)F)C1. The number of likely N-dealkylation sites (tertiary alicyclic amines) is 1. The van der Waals surface area contributed by atoms with Crippen molar-refractivity contribution in [3.63, 3.8) is 0 Å². The van der Waals surface area contributed by atoms with Gasteiger partial charge >= 0.3 is 6.18 Å². The van der Waals surface area contributed by atoms with Crippen molar-refractivity contribution in [3.05, 3.63) is 35.9 Å². The Labute approximate surface area is 137 Å². The number of benzene rings is 1. The summed E-state index contributed by atoms with van der Waals surface area (Å²) in [5.74, 6) is -1.47. The second kappa shape index (κ2) is 6.80. The normalized spacial score (nSPS) is 17.8. The van der Waals surface area contributed by atoms with Gasteiger partial charge in [-0.15, -0.1) is 0 Å². The van der Waals surface area contributed by atoms with Crippen LogP contribution in [0.1, 0.15) is 18.9 Å². The van der Waals surface area contributed by atoms with Crippen LogP contribution < -0.4 is 5.32 Å². The highest BCUT2D eigenvalue weighted by molar-refractivity contribution is 5.85. The van der Waals surface area contributed by atoms with Crippen molar-refractivity contribution >= 4 is 11.8 Å². The quantitative estimate of drug-likeness (QED) is 0.849. The first kappa shape index (κ1) is 18.3. The van der Waals surface area contributed by atoms with Gasteiger partial charge in [-0.05, 0) is 12.5 Å². The van der Waals surface area contributed by atoms with E-state index in [1.54, 1.807) is 6.92 Å². The summed E-state index contributed by atoms with van der Waals surface area (Å²) in [6, 6.07) is 6.52. The first-order valence-corrected chi connectivity index (χ1v) is 7.59. The van der Waals surface area contributed by atoms with E-state index in [0.29, 0.717) is 6.54 Å². The Balaban J connectivity index is 2.07. The molecule has 1 atom stereocenters. The lowest BCUT2D eigenvalue weighted by Gasteiger charge is -2.40. The summed E-state index contributed by atoms with van der Waals surface area (Å²) in [7, 11) is 0. The van der Waals surface area contributed by atoms with Crippen molar-refractivity contribution in [2.45, 2.75) is 25.1 Å². The van der Waals surface area contributed by atoms with Gasteiger partial charge in [-0.3, -0.25) is 9.59 Å². The number of rotatable bonds is 5. The third-order valence-corrected chi connectivity index (χ3v) is 4.08. The van der Waals surface area contributed by atoms with Crippen LogP contribution in [-0.4, -0.2) is 47.6 Å². The molecule has 0 unspecified atom stereocenters. The molecule has 2 amide bonds. The number of halogens is 3. The molecule has 1 saturated heterocycles. The fourth-order valence-corrected chi connectivity index (χ4v) is 2.58. The van der Waals surface area contributed by atoms with Crippen molar-refractivity contribution < 1.29 is 27.9 Å². The van der Waals surface area contributed by atoms with E-state index in [2.05, 4.69) is 5.32 Å². The zero-order chi connectivity index (χ0) is 18.0. The topological polar surface area (TPSA) is 69.6 Å². The fourth-order valence-electron chi connectivity index (χ4n) is 2.58. The van der Waals surface area contributed by atoms with Crippen LogP contribution in [-0.2, 0) is 15.2 Å². The van der Waals surface area contributed by atoms with Gasteiger partial charge in [-0.25, -0.2) is 0 Å². The minimum atomic E-state index is -4.99. The van der Waals surface area contributed by atoms with Gasteiger partial charge in [0.1, 0.15) is 0 Å². The number of aliphatic hydroxyl groups is 1. The average molecular weight is 344 g/mol. The first-order valence-electron chi connectivity index (χ1n) is 7.59. The summed E-state index contributed by atoms with van der Waals surface area (Å²) < 4.78 is 40.1. The highest BCUT2D eigenvalue weighted by Gasteiger charge is 2.56. The van der Waals surface area contributed by atoms with Gasteiger partial charge in [0.15, 0.2) is 5.60 Å². The molecule has 1 heterocycles. The van der Waals surface area contributed by atoms with Gasteiger partial charge in [-0.2, -0.15) is 13.2 Å². The highest BCUT2D eigenvalue weighted by atomic mass is 19.4. The van der Waals surface area contributed by atoms with Crippen LogP contribution in [0.2, 0.25) is 0 Å². The highest BCUT2D eigenvalue weighted by Crippen LogP contribution is 2.42. The second-order valence-electron chi connectivity index (χ2n) is 5.79.